The molecule has 0 aliphatic heterocycles. The third-order valence-corrected chi connectivity index (χ3v) is 2.63. The van der Waals surface area contributed by atoms with Gasteiger partial charge >= 0.3 is 0 Å². The molecule has 0 amide bonds. The molecule has 15 heavy (non-hydrogen) atoms. The predicted octanol–water partition coefficient (Wildman–Crippen LogP) is 2.09. The summed E-state index contributed by atoms with van der Waals surface area (Å²) in [5, 5.41) is 0.551. The Hall–Kier alpha value is -0.770. The average Bonchev–Trinajstić information content (AvgIpc) is 2.15. The van der Waals surface area contributed by atoms with Crippen LogP contribution >= 0.6 is 11.6 Å². The first kappa shape index (κ1) is 12.3. The van der Waals surface area contributed by atoms with E-state index in [2.05, 4.69) is 0 Å². The van der Waals surface area contributed by atoms with Gasteiger partial charge in [0.05, 0.1) is 12.1 Å². The smallest absolute Gasteiger partial charge is 0.137 e. The SMILES string of the molecule is COc1ccc(C(N)C(C)(C)N)cc1Cl. The topological polar surface area (TPSA) is 61.3 Å². The number of nitrogens with two attached hydrogens (primary N) is 2. The highest BCUT2D eigenvalue weighted by Crippen LogP contribution is 2.29. The van der Waals surface area contributed by atoms with Crippen molar-refractivity contribution in [1.29, 1.82) is 0 Å². The zero-order valence-electron chi connectivity index (χ0n) is 9.25. The molecule has 0 heterocycles. The molecule has 0 fully saturated rings. The fourth-order valence-electron chi connectivity index (χ4n) is 1.31. The van der Waals surface area contributed by atoms with Gasteiger partial charge in [0.25, 0.3) is 0 Å². The number of hydrogen-bond acceptors (Lipinski definition) is 3. The van der Waals surface area contributed by atoms with Crippen LogP contribution in [0, 0.1) is 0 Å². The Morgan fingerprint density at radius 3 is 2.40 bits per heavy atom. The zero-order valence-corrected chi connectivity index (χ0v) is 10.0. The first-order valence-corrected chi connectivity index (χ1v) is 5.12. The van der Waals surface area contributed by atoms with E-state index in [1.807, 2.05) is 19.9 Å². The minimum absolute atomic E-state index is 0.249. The van der Waals surface area contributed by atoms with Crippen molar-refractivity contribution in [3.8, 4) is 5.75 Å². The molecule has 1 rings (SSSR count). The molecule has 0 aliphatic carbocycles. The summed E-state index contributed by atoms with van der Waals surface area (Å²) in [7, 11) is 1.58. The Morgan fingerprint density at radius 2 is 2.00 bits per heavy atom. The highest BCUT2D eigenvalue weighted by molar-refractivity contribution is 6.32. The van der Waals surface area contributed by atoms with Crippen LogP contribution in [-0.4, -0.2) is 12.6 Å². The first-order valence-electron chi connectivity index (χ1n) is 4.74. The van der Waals surface area contributed by atoms with Crippen LogP contribution in [0.3, 0.4) is 0 Å². The van der Waals surface area contributed by atoms with Crippen LogP contribution in [0.25, 0.3) is 0 Å². The fraction of sp³-hybridized carbons (Fsp3) is 0.455. The molecule has 0 saturated carbocycles. The van der Waals surface area contributed by atoms with Gasteiger partial charge < -0.3 is 16.2 Å². The van der Waals surface area contributed by atoms with Crippen LogP contribution in [0.4, 0.5) is 0 Å². The second-order valence-electron chi connectivity index (χ2n) is 4.19. The number of benzene rings is 1. The summed E-state index contributed by atoms with van der Waals surface area (Å²) in [6.45, 7) is 3.77. The lowest BCUT2D eigenvalue weighted by Gasteiger charge is -2.27. The molecule has 0 aromatic heterocycles. The monoisotopic (exact) mass is 228 g/mol. The van der Waals surface area contributed by atoms with Gasteiger partial charge in [-0.25, -0.2) is 0 Å². The average molecular weight is 229 g/mol. The predicted molar refractivity (Wildman–Crippen MR) is 63.2 cm³/mol. The minimum Gasteiger partial charge on any atom is -0.495 e. The summed E-state index contributed by atoms with van der Waals surface area (Å²) in [6, 6.07) is 5.22. The molecule has 0 radical (unpaired) electrons. The highest BCUT2D eigenvalue weighted by atomic mass is 35.5. The molecule has 1 unspecified atom stereocenters. The molecule has 84 valence electrons. The van der Waals surface area contributed by atoms with Gasteiger partial charge in [0, 0.05) is 11.6 Å². The van der Waals surface area contributed by atoms with E-state index in [9.17, 15) is 0 Å². The number of ether oxygens (including phenoxy) is 1. The van der Waals surface area contributed by atoms with Crippen molar-refractivity contribution >= 4 is 11.6 Å². The van der Waals surface area contributed by atoms with E-state index >= 15 is 0 Å². The Labute approximate surface area is 95.4 Å². The van der Waals surface area contributed by atoms with Crippen molar-refractivity contribution in [1.82, 2.24) is 0 Å². The molecule has 0 bridgehead atoms. The van der Waals surface area contributed by atoms with Gasteiger partial charge in [-0.3, -0.25) is 0 Å². The van der Waals surface area contributed by atoms with Crippen molar-refractivity contribution in [3.63, 3.8) is 0 Å². The van der Waals surface area contributed by atoms with Gasteiger partial charge in [0.15, 0.2) is 0 Å². The van der Waals surface area contributed by atoms with E-state index in [-0.39, 0.29) is 6.04 Å². The van der Waals surface area contributed by atoms with Gasteiger partial charge in [0.2, 0.25) is 0 Å². The van der Waals surface area contributed by atoms with Crippen molar-refractivity contribution in [2.75, 3.05) is 7.11 Å². The van der Waals surface area contributed by atoms with E-state index < -0.39 is 5.54 Å². The Balaban J connectivity index is 3.02. The maximum Gasteiger partial charge on any atom is 0.137 e. The maximum absolute atomic E-state index is 6.01. The Morgan fingerprint density at radius 1 is 1.40 bits per heavy atom. The molecule has 4 N–H and O–H groups in total. The number of halogens is 1. The van der Waals surface area contributed by atoms with Crippen LogP contribution < -0.4 is 16.2 Å². The molecule has 1 aromatic rings. The van der Waals surface area contributed by atoms with E-state index in [1.165, 1.54) is 0 Å². The lowest BCUT2D eigenvalue weighted by Crippen LogP contribution is -2.43. The lowest BCUT2D eigenvalue weighted by atomic mass is 9.90. The maximum atomic E-state index is 6.01. The minimum atomic E-state index is -0.474. The molecule has 1 atom stereocenters. The van der Waals surface area contributed by atoms with E-state index in [1.54, 1.807) is 19.2 Å². The third-order valence-electron chi connectivity index (χ3n) is 2.34. The number of hydrogen-bond donors (Lipinski definition) is 2. The second kappa shape index (κ2) is 4.39. The van der Waals surface area contributed by atoms with Gasteiger partial charge in [0.1, 0.15) is 5.75 Å². The Bertz CT molecular complexity index is 347. The van der Waals surface area contributed by atoms with Crippen LogP contribution in [0.15, 0.2) is 18.2 Å². The third kappa shape index (κ3) is 2.84. The van der Waals surface area contributed by atoms with Gasteiger partial charge in [-0.05, 0) is 31.5 Å². The molecular weight excluding hydrogens is 212 g/mol. The molecular formula is C11H17ClN2O. The summed E-state index contributed by atoms with van der Waals surface area (Å²) >= 11 is 6.00. The van der Waals surface area contributed by atoms with Crippen LogP contribution in [0.2, 0.25) is 5.02 Å². The summed E-state index contributed by atoms with van der Waals surface area (Å²) in [6.07, 6.45) is 0. The van der Waals surface area contributed by atoms with Crippen molar-refractivity contribution in [3.05, 3.63) is 28.8 Å². The summed E-state index contributed by atoms with van der Waals surface area (Å²) < 4.78 is 5.06. The van der Waals surface area contributed by atoms with E-state index in [0.717, 1.165) is 5.56 Å². The summed E-state index contributed by atoms with van der Waals surface area (Å²) in [5.74, 6) is 0.641. The molecule has 1 aromatic carbocycles. The number of methoxy groups -OCH3 is 1. The molecule has 3 nitrogen and oxygen atoms in total. The Kier molecular flexibility index (Phi) is 3.60. The molecule has 0 spiro atoms. The summed E-state index contributed by atoms with van der Waals surface area (Å²) in [5.41, 5.74) is 12.4. The van der Waals surface area contributed by atoms with Gasteiger partial charge in [-0.1, -0.05) is 17.7 Å². The lowest BCUT2D eigenvalue weighted by molar-refractivity contribution is 0.409. The fourth-order valence-corrected chi connectivity index (χ4v) is 1.57. The van der Waals surface area contributed by atoms with E-state index in [4.69, 9.17) is 27.8 Å². The number of rotatable bonds is 3. The molecule has 0 aliphatic rings. The second-order valence-corrected chi connectivity index (χ2v) is 4.60. The van der Waals surface area contributed by atoms with Crippen LogP contribution in [0.1, 0.15) is 25.5 Å². The first-order chi connectivity index (χ1) is 6.86. The standard InChI is InChI=1S/C11H17ClN2O/c1-11(2,14)10(13)7-4-5-9(15-3)8(12)6-7/h4-6,10H,13-14H2,1-3H3. The van der Waals surface area contributed by atoms with Crippen molar-refractivity contribution in [2.45, 2.75) is 25.4 Å². The zero-order chi connectivity index (χ0) is 11.6. The van der Waals surface area contributed by atoms with Crippen LogP contribution in [-0.2, 0) is 0 Å². The van der Waals surface area contributed by atoms with Gasteiger partial charge in [-0.2, -0.15) is 0 Å². The molecule has 0 saturated heterocycles. The largest absolute Gasteiger partial charge is 0.495 e. The highest BCUT2D eigenvalue weighted by Gasteiger charge is 2.23. The molecule has 4 heteroatoms. The summed E-state index contributed by atoms with van der Waals surface area (Å²) in [4.78, 5) is 0. The normalized spacial score (nSPS) is 13.7. The van der Waals surface area contributed by atoms with Crippen molar-refractivity contribution < 1.29 is 4.74 Å². The van der Waals surface area contributed by atoms with E-state index in [0.29, 0.717) is 10.8 Å². The van der Waals surface area contributed by atoms with Gasteiger partial charge in [-0.15, -0.1) is 0 Å². The quantitative estimate of drug-likeness (QED) is 0.833. The van der Waals surface area contributed by atoms with Crippen molar-refractivity contribution in [2.24, 2.45) is 11.5 Å². The van der Waals surface area contributed by atoms with Crippen LogP contribution in [0.5, 0.6) is 5.75 Å².